The molecule has 12 heteroatoms. The first kappa shape index (κ1) is 26.8. The number of nitrogens with two attached hydrogens (primary N) is 1. The third-order valence-corrected chi connectivity index (χ3v) is 4.82. The first-order valence-electron chi connectivity index (χ1n) is 10.0. The summed E-state index contributed by atoms with van der Waals surface area (Å²) < 4.78 is 81.0. The van der Waals surface area contributed by atoms with Gasteiger partial charge in [0.05, 0.1) is 16.9 Å². The zero-order valence-electron chi connectivity index (χ0n) is 18.1. The Labute approximate surface area is 191 Å². The van der Waals surface area contributed by atoms with Gasteiger partial charge < -0.3 is 21.1 Å². The van der Waals surface area contributed by atoms with E-state index >= 15 is 0 Å². The predicted molar refractivity (Wildman–Crippen MR) is 112 cm³/mol. The first-order valence-corrected chi connectivity index (χ1v) is 10.0. The highest BCUT2D eigenvalue weighted by Crippen LogP contribution is 2.33. The van der Waals surface area contributed by atoms with Crippen LogP contribution in [0.1, 0.15) is 31.1 Å². The molecular formula is C22H23F6N3O3. The molecule has 2 rings (SSSR count). The fourth-order valence-corrected chi connectivity index (χ4v) is 2.90. The number of hydrogen-bond acceptors (Lipinski definition) is 5. The van der Waals surface area contributed by atoms with E-state index in [-0.39, 0.29) is 29.4 Å². The van der Waals surface area contributed by atoms with E-state index in [0.717, 1.165) is 18.2 Å². The number of anilines is 2. The van der Waals surface area contributed by atoms with E-state index < -0.39 is 41.9 Å². The number of halogens is 6. The number of alkyl halides is 6. The molecule has 0 bridgehead atoms. The Morgan fingerprint density at radius 2 is 1.62 bits per heavy atom. The maximum atomic E-state index is 12.8. The molecule has 34 heavy (non-hydrogen) atoms. The van der Waals surface area contributed by atoms with Crippen molar-refractivity contribution in [2.45, 2.75) is 38.3 Å². The van der Waals surface area contributed by atoms with Crippen molar-refractivity contribution in [2.75, 3.05) is 17.6 Å². The second kappa shape index (κ2) is 10.7. The minimum atomic E-state index is -5.30. The summed E-state index contributed by atoms with van der Waals surface area (Å²) in [6, 6.07) is 9.33. The van der Waals surface area contributed by atoms with Gasteiger partial charge in [0.25, 0.3) is 5.91 Å². The highest BCUT2D eigenvalue weighted by Gasteiger charge is 2.43. The lowest BCUT2D eigenvalue weighted by molar-refractivity contribution is -0.205. The van der Waals surface area contributed by atoms with E-state index in [1.165, 1.54) is 24.3 Å². The molecule has 0 spiro atoms. The molecule has 0 aromatic heterocycles. The van der Waals surface area contributed by atoms with Crippen molar-refractivity contribution < 1.29 is 40.7 Å². The molecule has 0 aliphatic heterocycles. The topological polar surface area (TPSA) is 93.4 Å². The van der Waals surface area contributed by atoms with Crippen LogP contribution in [-0.2, 0) is 20.5 Å². The minimum Gasteiger partial charge on any atom is -0.441 e. The van der Waals surface area contributed by atoms with Crippen LogP contribution >= 0.6 is 0 Å². The smallest absolute Gasteiger partial charge is 0.441 e. The number of hydrogen-bond donors (Lipinski definition) is 3. The lowest BCUT2D eigenvalue weighted by Gasteiger charge is -2.26. The Morgan fingerprint density at radius 1 is 1.00 bits per heavy atom. The van der Waals surface area contributed by atoms with Gasteiger partial charge in [-0.3, -0.25) is 4.79 Å². The Hall–Kier alpha value is -3.44. The third-order valence-electron chi connectivity index (χ3n) is 4.82. The third kappa shape index (κ3) is 7.29. The van der Waals surface area contributed by atoms with Crippen molar-refractivity contribution in [3.8, 4) is 0 Å². The molecule has 0 saturated heterocycles. The molecule has 4 N–H and O–H groups in total. The van der Waals surface area contributed by atoms with E-state index in [0.29, 0.717) is 0 Å². The Kier molecular flexibility index (Phi) is 8.41. The highest BCUT2D eigenvalue weighted by molar-refractivity contribution is 5.86. The van der Waals surface area contributed by atoms with E-state index in [1.807, 2.05) is 0 Å². The van der Waals surface area contributed by atoms with E-state index in [4.69, 9.17) is 5.73 Å². The number of carbonyl (C=O) groups is 2. The molecule has 6 nitrogen and oxygen atoms in total. The first-order chi connectivity index (χ1) is 15.7. The molecule has 1 amide bonds. The number of esters is 1. The van der Waals surface area contributed by atoms with Gasteiger partial charge in [0.1, 0.15) is 0 Å². The summed E-state index contributed by atoms with van der Waals surface area (Å²) in [5.74, 6) is -3.71. The average Bonchev–Trinajstić information content (AvgIpc) is 2.74. The molecule has 2 aromatic rings. The maximum Gasteiger partial charge on any atom is 0.490 e. The van der Waals surface area contributed by atoms with Crippen molar-refractivity contribution in [1.82, 2.24) is 5.32 Å². The molecule has 0 radical (unpaired) electrons. The molecule has 1 unspecified atom stereocenters. The van der Waals surface area contributed by atoms with Crippen LogP contribution < -0.4 is 16.4 Å². The monoisotopic (exact) mass is 491 g/mol. The molecule has 0 saturated carbocycles. The lowest BCUT2D eigenvalue weighted by atomic mass is 10.0. The molecular weight excluding hydrogens is 468 g/mol. The fourth-order valence-electron chi connectivity index (χ4n) is 2.90. The quantitative estimate of drug-likeness (QED) is 0.283. The van der Waals surface area contributed by atoms with Crippen LogP contribution in [0.25, 0.3) is 0 Å². The SMILES string of the molecule is CC(C)[C@@H](CNC(=O)C(OC(=O)C(F)(F)F)c1ccccc1)Nc1ccc(C(F)(F)F)cc1N. The number of amides is 1. The van der Waals surface area contributed by atoms with Crippen molar-refractivity contribution in [2.24, 2.45) is 5.92 Å². The molecule has 0 aliphatic rings. The van der Waals surface area contributed by atoms with Crippen LogP contribution in [0, 0.1) is 5.92 Å². The summed E-state index contributed by atoms with van der Waals surface area (Å²) >= 11 is 0. The number of benzene rings is 2. The van der Waals surface area contributed by atoms with Gasteiger partial charge in [-0.25, -0.2) is 4.79 Å². The van der Waals surface area contributed by atoms with Crippen molar-refractivity contribution >= 4 is 23.3 Å². The number of ether oxygens (including phenoxy) is 1. The van der Waals surface area contributed by atoms with Crippen molar-refractivity contribution in [3.63, 3.8) is 0 Å². The summed E-state index contributed by atoms with van der Waals surface area (Å²) in [4.78, 5) is 24.0. The van der Waals surface area contributed by atoms with Gasteiger partial charge >= 0.3 is 18.3 Å². The molecule has 0 fully saturated rings. The Morgan fingerprint density at radius 3 is 2.12 bits per heavy atom. The molecule has 186 valence electrons. The van der Waals surface area contributed by atoms with E-state index in [9.17, 15) is 35.9 Å². The largest absolute Gasteiger partial charge is 0.490 e. The van der Waals surface area contributed by atoms with Crippen LogP contribution in [0.4, 0.5) is 37.7 Å². The fraction of sp³-hybridized carbons (Fsp3) is 0.364. The Bertz CT molecular complexity index is 994. The summed E-state index contributed by atoms with van der Waals surface area (Å²) in [5, 5.41) is 5.36. The van der Waals surface area contributed by atoms with Crippen LogP contribution in [0.2, 0.25) is 0 Å². The van der Waals surface area contributed by atoms with E-state index in [1.54, 1.807) is 19.9 Å². The van der Waals surface area contributed by atoms with Gasteiger partial charge in [0.2, 0.25) is 6.10 Å². The van der Waals surface area contributed by atoms with Crippen molar-refractivity contribution in [1.29, 1.82) is 0 Å². The lowest BCUT2D eigenvalue weighted by Crippen LogP contribution is -2.43. The molecule has 0 aliphatic carbocycles. The minimum absolute atomic E-state index is 0.0265. The zero-order chi connectivity index (χ0) is 25.7. The van der Waals surface area contributed by atoms with Crippen LogP contribution in [0.15, 0.2) is 48.5 Å². The number of carbonyl (C=O) groups excluding carboxylic acids is 2. The molecule has 2 aromatic carbocycles. The molecule has 2 atom stereocenters. The number of nitrogen functional groups attached to an aromatic ring is 1. The van der Waals surface area contributed by atoms with Crippen LogP contribution in [0.3, 0.4) is 0 Å². The summed E-state index contributed by atoms with van der Waals surface area (Å²) in [6.07, 6.45) is -11.7. The van der Waals surface area contributed by atoms with E-state index in [2.05, 4.69) is 15.4 Å². The second-order valence-electron chi connectivity index (χ2n) is 7.73. The van der Waals surface area contributed by atoms with Gasteiger partial charge in [0.15, 0.2) is 0 Å². The van der Waals surface area contributed by atoms with Gasteiger partial charge in [-0.2, -0.15) is 26.3 Å². The maximum absolute atomic E-state index is 12.8. The van der Waals surface area contributed by atoms with Crippen LogP contribution in [0.5, 0.6) is 0 Å². The predicted octanol–water partition coefficient (Wildman–Crippen LogP) is 4.69. The number of nitrogens with one attached hydrogen (secondary N) is 2. The van der Waals surface area contributed by atoms with Gasteiger partial charge in [-0.15, -0.1) is 0 Å². The average molecular weight is 491 g/mol. The summed E-state index contributed by atoms with van der Waals surface area (Å²) in [7, 11) is 0. The van der Waals surface area contributed by atoms with Gasteiger partial charge in [-0.1, -0.05) is 44.2 Å². The number of rotatable bonds is 8. The standard InChI is InChI=1S/C22H23F6N3O3/c1-12(2)17(31-16-9-8-14(10-15(16)29)21(23,24)25)11-30-19(32)18(13-6-4-3-5-7-13)34-20(33)22(26,27)28/h3-10,12,17-18,31H,11,29H2,1-2H3,(H,30,32)/t17-,18?/m1/s1. The Balaban J connectivity index is 2.16. The normalized spacial score (nSPS) is 13.8. The second-order valence-corrected chi connectivity index (χ2v) is 7.73. The summed E-state index contributed by atoms with van der Waals surface area (Å²) in [6.45, 7) is 3.36. The van der Waals surface area contributed by atoms with Gasteiger partial charge in [-0.05, 0) is 24.1 Å². The molecule has 0 heterocycles. The van der Waals surface area contributed by atoms with Crippen LogP contribution in [-0.4, -0.2) is 30.6 Å². The summed E-state index contributed by atoms with van der Waals surface area (Å²) in [5.41, 5.74) is 4.84. The van der Waals surface area contributed by atoms with Gasteiger partial charge in [0, 0.05) is 18.2 Å². The van der Waals surface area contributed by atoms with Crippen molar-refractivity contribution in [3.05, 3.63) is 59.7 Å². The zero-order valence-corrected chi connectivity index (χ0v) is 18.1. The highest BCUT2D eigenvalue weighted by atomic mass is 19.4.